The van der Waals surface area contributed by atoms with Gasteiger partial charge in [-0.25, -0.2) is 0 Å². The maximum atomic E-state index is 3.43. The monoisotopic (exact) mass is 267 g/mol. The molecule has 2 heterocycles. The predicted molar refractivity (Wildman–Crippen MR) is 82.5 cm³/mol. The van der Waals surface area contributed by atoms with E-state index < -0.39 is 0 Å². The van der Waals surface area contributed by atoms with Crippen molar-refractivity contribution in [2.75, 3.05) is 33.2 Å². The van der Waals surface area contributed by atoms with E-state index in [1.54, 1.807) is 0 Å². The first-order valence-corrected chi connectivity index (χ1v) is 8.09. The molecular formula is C16H33N3. The minimum Gasteiger partial charge on any atom is -0.317 e. The minimum atomic E-state index is 0.333. The zero-order chi connectivity index (χ0) is 14.0. The van der Waals surface area contributed by atoms with Crippen molar-refractivity contribution in [3.05, 3.63) is 0 Å². The number of nitrogens with zero attached hydrogens (tertiary/aromatic N) is 2. The second-order valence-electron chi connectivity index (χ2n) is 7.42. The largest absolute Gasteiger partial charge is 0.317 e. The molecule has 2 aliphatic heterocycles. The van der Waals surface area contributed by atoms with E-state index in [1.165, 1.54) is 45.4 Å². The highest BCUT2D eigenvalue weighted by molar-refractivity contribution is 4.92. The standard InChI is InChI=1S/C16H33N3/c1-13-10-18-9-7-6-8-15(18)11-19(13)12-16(3,4)14(2)17-5/h13-15,17H,6-12H2,1-5H3. The molecule has 0 aliphatic carbocycles. The summed E-state index contributed by atoms with van der Waals surface area (Å²) in [6.45, 7) is 14.6. The summed E-state index contributed by atoms with van der Waals surface area (Å²) >= 11 is 0. The molecule has 0 spiro atoms. The summed E-state index contributed by atoms with van der Waals surface area (Å²) in [5.41, 5.74) is 0.333. The average Bonchev–Trinajstić information content (AvgIpc) is 2.38. The fourth-order valence-corrected chi connectivity index (χ4v) is 3.68. The number of fused-ring (bicyclic) bond motifs is 1. The SMILES string of the molecule is CNC(C)C(C)(C)CN1CC2CCCCN2CC1C. The number of hydrogen-bond donors (Lipinski definition) is 1. The van der Waals surface area contributed by atoms with Gasteiger partial charge in [0.2, 0.25) is 0 Å². The molecule has 1 N–H and O–H groups in total. The van der Waals surface area contributed by atoms with E-state index >= 15 is 0 Å². The average molecular weight is 267 g/mol. The summed E-state index contributed by atoms with van der Waals surface area (Å²) in [7, 11) is 2.08. The Balaban J connectivity index is 1.96. The topological polar surface area (TPSA) is 18.5 Å². The Morgan fingerprint density at radius 3 is 2.68 bits per heavy atom. The van der Waals surface area contributed by atoms with Gasteiger partial charge in [0.05, 0.1) is 0 Å². The van der Waals surface area contributed by atoms with Crippen LogP contribution in [0, 0.1) is 5.41 Å². The Hall–Kier alpha value is -0.120. The summed E-state index contributed by atoms with van der Waals surface area (Å²) in [5.74, 6) is 0. The molecule has 0 aromatic rings. The number of piperidine rings is 1. The molecule has 0 aromatic carbocycles. The molecule has 3 heteroatoms. The first kappa shape index (κ1) is 15.3. The highest BCUT2D eigenvalue weighted by Crippen LogP contribution is 2.28. The third-order valence-electron chi connectivity index (χ3n) is 5.53. The van der Waals surface area contributed by atoms with Crippen molar-refractivity contribution in [1.29, 1.82) is 0 Å². The summed E-state index contributed by atoms with van der Waals surface area (Å²) in [6.07, 6.45) is 4.25. The van der Waals surface area contributed by atoms with Gasteiger partial charge in [-0.2, -0.15) is 0 Å². The Kier molecular flexibility index (Phi) is 4.91. The van der Waals surface area contributed by atoms with E-state index in [4.69, 9.17) is 0 Å². The number of nitrogens with one attached hydrogen (secondary N) is 1. The summed E-state index contributed by atoms with van der Waals surface area (Å²) < 4.78 is 0. The van der Waals surface area contributed by atoms with Crippen LogP contribution in [0.2, 0.25) is 0 Å². The Morgan fingerprint density at radius 2 is 2.00 bits per heavy atom. The predicted octanol–water partition coefficient (Wildman–Crippen LogP) is 2.18. The highest BCUT2D eigenvalue weighted by Gasteiger charge is 2.36. The molecular weight excluding hydrogens is 234 g/mol. The molecule has 19 heavy (non-hydrogen) atoms. The van der Waals surface area contributed by atoms with Gasteiger partial charge in [-0.15, -0.1) is 0 Å². The van der Waals surface area contributed by atoms with Crippen LogP contribution in [-0.2, 0) is 0 Å². The van der Waals surface area contributed by atoms with Gasteiger partial charge in [0, 0.05) is 37.8 Å². The molecule has 2 aliphatic rings. The van der Waals surface area contributed by atoms with Gasteiger partial charge in [-0.05, 0) is 45.7 Å². The van der Waals surface area contributed by atoms with Gasteiger partial charge in [-0.3, -0.25) is 9.80 Å². The number of piperazine rings is 1. The third kappa shape index (κ3) is 3.50. The first-order valence-electron chi connectivity index (χ1n) is 8.09. The lowest BCUT2D eigenvalue weighted by molar-refractivity contribution is -0.00636. The van der Waals surface area contributed by atoms with Crippen molar-refractivity contribution >= 4 is 0 Å². The van der Waals surface area contributed by atoms with Crippen LogP contribution in [-0.4, -0.2) is 61.2 Å². The lowest BCUT2D eigenvalue weighted by Crippen LogP contribution is -2.61. The molecule has 0 saturated carbocycles. The van der Waals surface area contributed by atoms with Crippen molar-refractivity contribution < 1.29 is 0 Å². The van der Waals surface area contributed by atoms with Gasteiger partial charge in [0.1, 0.15) is 0 Å². The van der Waals surface area contributed by atoms with Crippen molar-refractivity contribution in [3.63, 3.8) is 0 Å². The van der Waals surface area contributed by atoms with Gasteiger partial charge in [0.25, 0.3) is 0 Å². The molecule has 0 amide bonds. The summed E-state index contributed by atoms with van der Waals surface area (Å²) in [4.78, 5) is 5.47. The minimum absolute atomic E-state index is 0.333. The third-order valence-corrected chi connectivity index (χ3v) is 5.53. The molecule has 0 radical (unpaired) electrons. The smallest absolute Gasteiger partial charge is 0.0223 e. The molecule has 0 aromatic heterocycles. The van der Waals surface area contributed by atoms with Crippen LogP contribution in [0.1, 0.15) is 47.0 Å². The highest BCUT2D eigenvalue weighted by atomic mass is 15.3. The zero-order valence-electron chi connectivity index (χ0n) is 13.6. The Labute approximate surface area is 119 Å². The van der Waals surface area contributed by atoms with Crippen LogP contribution in [0.4, 0.5) is 0 Å². The lowest BCUT2D eigenvalue weighted by Gasteiger charge is -2.50. The van der Waals surface area contributed by atoms with E-state index in [2.05, 4.69) is 49.9 Å². The molecule has 0 bridgehead atoms. The molecule has 3 atom stereocenters. The number of rotatable bonds is 4. The molecule has 2 saturated heterocycles. The maximum Gasteiger partial charge on any atom is 0.0223 e. The lowest BCUT2D eigenvalue weighted by atomic mass is 9.83. The van der Waals surface area contributed by atoms with Crippen molar-refractivity contribution in [1.82, 2.24) is 15.1 Å². The Morgan fingerprint density at radius 1 is 1.26 bits per heavy atom. The first-order chi connectivity index (χ1) is 8.94. The maximum absolute atomic E-state index is 3.43. The van der Waals surface area contributed by atoms with Crippen molar-refractivity contribution in [2.24, 2.45) is 5.41 Å². The van der Waals surface area contributed by atoms with Crippen LogP contribution < -0.4 is 5.32 Å². The normalized spacial score (nSPS) is 32.1. The van der Waals surface area contributed by atoms with E-state index in [-0.39, 0.29) is 0 Å². The van der Waals surface area contributed by atoms with Gasteiger partial charge in [-0.1, -0.05) is 20.3 Å². The van der Waals surface area contributed by atoms with Crippen LogP contribution in [0.3, 0.4) is 0 Å². The van der Waals surface area contributed by atoms with Gasteiger partial charge < -0.3 is 5.32 Å². The molecule has 3 unspecified atom stereocenters. The fourth-order valence-electron chi connectivity index (χ4n) is 3.68. The van der Waals surface area contributed by atoms with Gasteiger partial charge >= 0.3 is 0 Å². The second kappa shape index (κ2) is 6.11. The second-order valence-corrected chi connectivity index (χ2v) is 7.42. The van der Waals surface area contributed by atoms with E-state index in [0.29, 0.717) is 17.5 Å². The number of hydrogen-bond acceptors (Lipinski definition) is 3. The van der Waals surface area contributed by atoms with Crippen molar-refractivity contribution in [2.45, 2.75) is 65.1 Å². The van der Waals surface area contributed by atoms with Crippen LogP contribution in [0.25, 0.3) is 0 Å². The summed E-state index contributed by atoms with van der Waals surface area (Å²) in [6, 6.07) is 2.09. The van der Waals surface area contributed by atoms with Crippen LogP contribution in [0.15, 0.2) is 0 Å². The molecule has 2 rings (SSSR count). The molecule has 3 nitrogen and oxygen atoms in total. The quantitative estimate of drug-likeness (QED) is 0.842. The van der Waals surface area contributed by atoms with Crippen LogP contribution in [0.5, 0.6) is 0 Å². The van der Waals surface area contributed by atoms with Gasteiger partial charge in [0.15, 0.2) is 0 Å². The van der Waals surface area contributed by atoms with E-state index in [0.717, 1.165) is 6.04 Å². The summed E-state index contributed by atoms with van der Waals surface area (Å²) in [5, 5.41) is 3.43. The molecule has 112 valence electrons. The Bertz CT molecular complexity index is 290. The van der Waals surface area contributed by atoms with Crippen molar-refractivity contribution in [3.8, 4) is 0 Å². The fraction of sp³-hybridized carbons (Fsp3) is 1.00. The zero-order valence-corrected chi connectivity index (χ0v) is 13.6. The molecule has 2 fully saturated rings. The van der Waals surface area contributed by atoms with Crippen LogP contribution >= 0.6 is 0 Å². The van der Waals surface area contributed by atoms with E-state index in [9.17, 15) is 0 Å². The van der Waals surface area contributed by atoms with E-state index in [1.807, 2.05) is 0 Å².